The van der Waals surface area contributed by atoms with Gasteiger partial charge in [0.15, 0.2) is 5.78 Å². The lowest BCUT2D eigenvalue weighted by Crippen LogP contribution is -2.16. The van der Waals surface area contributed by atoms with Crippen LogP contribution >= 0.6 is 27.3 Å². The predicted octanol–water partition coefficient (Wildman–Crippen LogP) is 3.63. The molecule has 0 amide bonds. The average molecular weight is 335 g/mol. The number of hydrogen-bond acceptors (Lipinski definition) is 3. The van der Waals surface area contributed by atoms with Crippen LogP contribution in [0.15, 0.2) is 15.9 Å². The molecule has 1 heterocycles. The number of Topliss-reactive ketones (excluding diaryl/α,β-unsaturated/α-hetero) is 1. The first-order valence-corrected chi connectivity index (χ1v) is 8.94. The van der Waals surface area contributed by atoms with E-state index in [4.69, 9.17) is 0 Å². The molecular formula is C12H15BrO2S2. The highest BCUT2D eigenvalue weighted by Gasteiger charge is 2.20. The van der Waals surface area contributed by atoms with Crippen molar-refractivity contribution >= 4 is 43.8 Å². The fourth-order valence-corrected chi connectivity index (χ4v) is 5.24. The summed E-state index contributed by atoms with van der Waals surface area (Å²) in [6.07, 6.45) is 4.88. The maximum absolute atomic E-state index is 11.9. The van der Waals surface area contributed by atoms with Crippen molar-refractivity contribution in [3.63, 3.8) is 0 Å². The van der Waals surface area contributed by atoms with Gasteiger partial charge in [-0.05, 0) is 46.1 Å². The molecule has 0 bridgehead atoms. The fraction of sp³-hybridized carbons (Fsp3) is 0.583. The van der Waals surface area contributed by atoms with Gasteiger partial charge in [-0.3, -0.25) is 9.00 Å². The SMILES string of the molecule is O=C(CS(=O)CC1CCCC1)c1sccc1Br. The summed E-state index contributed by atoms with van der Waals surface area (Å²) in [4.78, 5) is 12.6. The van der Waals surface area contributed by atoms with Crippen LogP contribution in [-0.2, 0) is 10.8 Å². The van der Waals surface area contributed by atoms with Gasteiger partial charge in [0.1, 0.15) is 0 Å². The summed E-state index contributed by atoms with van der Waals surface area (Å²) in [5.41, 5.74) is 0. The molecule has 0 saturated heterocycles. The van der Waals surface area contributed by atoms with E-state index in [1.54, 1.807) is 0 Å². The first kappa shape index (κ1) is 13.4. The average Bonchev–Trinajstić information content (AvgIpc) is 2.88. The number of ketones is 1. The highest BCUT2D eigenvalue weighted by atomic mass is 79.9. The molecule has 2 nitrogen and oxygen atoms in total. The first-order valence-electron chi connectivity index (χ1n) is 5.78. The lowest BCUT2D eigenvalue weighted by atomic mass is 10.1. The third-order valence-electron chi connectivity index (χ3n) is 3.06. The Hall–Kier alpha value is -0.000000000000000111. The second-order valence-corrected chi connectivity index (χ2v) is 7.69. The van der Waals surface area contributed by atoms with E-state index in [1.807, 2.05) is 11.4 Å². The van der Waals surface area contributed by atoms with Gasteiger partial charge in [0, 0.05) is 21.0 Å². The zero-order valence-corrected chi connectivity index (χ0v) is 12.7. The van der Waals surface area contributed by atoms with Crippen LogP contribution in [-0.4, -0.2) is 21.5 Å². The van der Waals surface area contributed by atoms with Crippen LogP contribution in [0.2, 0.25) is 0 Å². The molecule has 1 aromatic heterocycles. The number of carbonyl (C=O) groups excluding carboxylic acids is 1. The van der Waals surface area contributed by atoms with Crippen molar-refractivity contribution in [2.75, 3.05) is 11.5 Å². The van der Waals surface area contributed by atoms with Crippen molar-refractivity contribution < 1.29 is 9.00 Å². The Labute approximate surface area is 116 Å². The highest BCUT2D eigenvalue weighted by Crippen LogP contribution is 2.26. The normalized spacial score (nSPS) is 18.4. The molecule has 1 aliphatic carbocycles. The van der Waals surface area contributed by atoms with Gasteiger partial charge >= 0.3 is 0 Å². The third-order valence-corrected chi connectivity index (χ3v) is 6.36. The molecule has 1 aromatic rings. The van der Waals surface area contributed by atoms with Gasteiger partial charge < -0.3 is 0 Å². The molecule has 17 heavy (non-hydrogen) atoms. The van der Waals surface area contributed by atoms with E-state index in [9.17, 15) is 9.00 Å². The zero-order chi connectivity index (χ0) is 12.3. The second kappa shape index (κ2) is 6.25. The molecular weight excluding hydrogens is 320 g/mol. The van der Waals surface area contributed by atoms with Crippen LogP contribution in [0.3, 0.4) is 0 Å². The van der Waals surface area contributed by atoms with E-state index in [1.165, 1.54) is 37.0 Å². The van der Waals surface area contributed by atoms with Crippen LogP contribution in [0.4, 0.5) is 0 Å². The second-order valence-electron chi connectivity index (χ2n) is 4.42. The summed E-state index contributed by atoms with van der Waals surface area (Å²) in [5, 5.41) is 1.87. The Kier molecular flexibility index (Phi) is 4.94. The van der Waals surface area contributed by atoms with Crippen LogP contribution in [0.25, 0.3) is 0 Å². The molecule has 0 radical (unpaired) electrons. The van der Waals surface area contributed by atoms with Crippen LogP contribution in [0, 0.1) is 5.92 Å². The molecule has 0 N–H and O–H groups in total. The molecule has 1 unspecified atom stereocenters. The molecule has 1 aliphatic rings. The minimum atomic E-state index is -0.997. The monoisotopic (exact) mass is 334 g/mol. The van der Waals surface area contributed by atoms with Gasteiger partial charge in [0.05, 0.1) is 10.6 Å². The summed E-state index contributed by atoms with van der Waals surface area (Å²) >= 11 is 4.75. The molecule has 1 fully saturated rings. The molecule has 2 rings (SSSR count). The summed E-state index contributed by atoms with van der Waals surface area (Å²) in [6, 6.07) is 1.86. The van der Waals surface area contributed by atoms with E-state index in [-0.39, 0.29) is 11.5 Å². The topological polar surface area (TPSA) is 34.1 Å². The quantitative estimate of drug-likeness (QED) is 0.770. The Balaban J connectivity index is 1.86. The van der Waals surface area contributed by atoms with E-state index in [2.05, 4.69) is 15.9 Å². The number of rotatable bonds is 5. The molecule has 0 aliphatic heterocycles. The number of hydrogen-bond donors (Lipinski definition) is 0. The smallest absolute Gasteiger partial charge is 0.186 e. The standard InChI is InChI=1S/C12H15BrO2S2/c13-10-5-6-16-12(10)11(14)8-17(15)7-9-3-1-2-4-9/h5-6,9H,1-4,7-8H2. The largest absolute Gasteiger partial charge is 0.292 e. The van der Waals surface area contributed by atoms with Gasteiger partial charge in [-0.15, -0.1) is 11.3 Å². The highest BCUT2D eigenvalue weighted by molar-refractivity contribution is 9.10. The lowest BCUT2D eigenvalue weighted by Gasteiger charge is -2.07. The van der Waals surface area contributed by atoms with E-state index >= 15 is 0 Å². The van der Waals surface area contributed by atoms with E-state index in [0.29, 0.717) is 16.5 Å². The molecule has 1 saturated carbocycles. The Bertz CT molecular complexity index is 422. The predicted molar refractivity (Wildman–Crippen MR) is 76.2 cm³/mol. The Morgan fingerprint density at radius 3 is 2.76 bits per heavy atom. The van der Waals surface area contributed by atoms with Crippen molar-refractivity contribution in [1.82, 2.24) is 0 Å². The van der Waals surface area contributed by atoms with Gasteiger partial charge in [-0.2, -0.15) is 0 Å². The van der Waals surface area contributed by atoms with Crippen LogP contribution in [0.5, 0.6) is 0 Å². The molecule has 1 atom stereocenters. The molecule has 0 aromatic carbocycles. The summed E-state index contributed by atoms with van der Waals surface area (Å²) in [6.45, 7) is 0. The van der Waals surface area contributed by atoms with Crippen molar-refractivity contribution in [3.05, 3.63) is 20.8 Å². The first-order chi connectivity index (χ1) is 8.16. The van der Waals surface area contributed by atoms with Crippen molar-refractivity contribution in [3.8, 4) is 0 Å². The Morgan fingerprint density at radius 1 is 1.47 bits per heavy atom. The minimum absolute atomic E-state index is 0.00297. The zero-order valence-electron chi connectivity index (χ0n) is 9.49. The summed E-state index contributed by atoms with van der Waals surface area (Å²) < 4.78 is 12.7. The van der Waals surface area contributed by atoms with Gasteiger partial charge in [0.25, 0.3) is 0 Å². The van der Waals surface area contributed by atoms with Gasteiger partial charge in [-0.1, -0.05) is 12.8 Å². The van der Waals surface area contributed by atoms with Crippen molar-refractivity contribution in [2.45, 2.75) is 25.7 Å². The molecule has 94 valence electrons. The van der Waals surface area contributed by atoms with Crippen molar-refractivity contribution in [1.29, 1.82) is 0 Å². The maximum Gasteiger partial charge on any atom is 0.186 e. The van der Waals surface area contributed by atoms with E-state index < -0.39 is 10.8 Å². The third kappa shape index (κ3) is 3.73. The van der Waals surface area contributed by atoms with E-state index in [0.717, 1.165) is 4.47 Å². The maximum atomic E-state index is 11.9. The minimum Gasteiger partial charge on any atom is -0.292 e. The van der Waals surface area contributed by atoms with Crippen LogP contribution < -0.4 is 0 Å². The van der Waals surface area contributed by atoms with Crippen molar-refractivity contribution in [2.24, 2.45) is 5.92 Å². The summed E-state index contributed by atoms with van der Waals surface area (Å²) in [7, 11) is -0.997. The number of carbonyl (C=O) groups is 1. The molecule has 0 spiro atoms. The molecule has 5 heteroatoms. The Morgan fingerprint density at radius 2 is 2.18 bits per heavy atom. The summed E-state index contributed by atoms with van der Waals surface area (Å²) in [5.74, 6) is 1.46. The van der Waals surface area contributed by atoms with Gasteiger partial charge in [0.2, 0.25) is 0 Å². The lowest BCUT2D eigenvalue weighted by molar-refractivity contribution is 0.102. The van der Waals surface area contributed by atoms with Crippen LogP contribution in [0.1, 0.15) is 35.4 Å². The van der Waals surface area contributed by atoms with Gasteiger partial charge in [-0.25, -0.2) is 0 Å². The number of thiophene rings is 1. The fourth-order valence-electron chi connectivity index (χ4n) is 2.20. The number of halogens is 1.